The number of rotatable bonds is 6. The standard InChI is InChI=1S/C15H25N3S/c1-2-5-16-14(11-13-4-3-10-19-13)15-12-17-6-8-18(15)9-7-17/h3-4,10,14-16H,2,5-9,11-12H2,1H3. The summed E-state index contributed by atoms with van der Waals surface area (Å²) in [4.78, 5) is 6.87. The van der Waals surface area contributed by atoms with Crippen LogP contribution in [0.3, 0.4) is 0 Å². The quantitative estimate of drug-likeness (QED) is 0.854. The molecule has 3 nitrogen and oxygen atoms in total. The molecule has 3 saturated heterocycles. The molecule has 0 aliphatic carbocycles. The third-order valence-electron chi connectivity index (χ3n) is 4.44. The predicted octanol–water partition coefficient (Wildman–Crippen LogP) is 1.66. The van der Waals surface area contributed by atoms with Gasteiger partial charge >= 0.3 is 0 Å². The van der Waals surface area contributed by atoms with Gasteiger partial charge in [0.05, 0.1) is 0 Å². The second-order valence-electron chi connectivity index (χ2n) is 5.75. The van der Waals surface area contributed by atoms with Gasteiger partial charge in [0.15, 0.2) is 0 Å². The molecule has 2 unspecified atom stereocenters. The minimum Gasteiger partial charge on any atom is -0.312 e. The summed E-state index contributed by atoms with van der Waals surface area (Å²) >= 11 is 1.90. The Bertz CT molecular complexity index is 371. The molecule has 4 heterocycles. The van der Waals surface area contributed by atoms with Crippen LogP contribution in [0.25, 0.3) is 0 Å². The van der Waals surface area contributed by atoms with Gasteiger partial charge in [0.1, 0.15) is 0 Å². The maximum atomic E-state index is 3.80. The lowest BCUT2D eigenvalue weighted by atomic mass is 9.97. The van der Waals surface area contributed by atoms with Crippen LogP contribution in [0.5, 0.6) is 0 Å². The number of fused-ring (bicyclic) bond motifs is 3. The Balaban J connectivity index is 1.67. The summed E-state index contributed by atoms with van der Waals surface area (Å²) in [7, 11) is 0. The molecule has 1 N–H and O–H groups in total. The maximum absolute atomic E-state index is 3.80. The van der Waals surface area contributed by atoms with E-state index in [0.717, 1.165) is 6.54 Å². The summed E-state index contributed by atoms with van der Waals surface area (Å²) in [5.41, 5.74) is 0. The van der Waals surface area contributed by atoms with Gasteiger partial charge in [0.2, 0.25) is 0 Å². The van der Waals surface area contributed by atoms with Gasteiger partial charge in [0.25, 0.3) is 0 Å². The first-order chi connectivity index (χ1) is 9.36. The van der Waals surface area contributed by atoms with Crippen LogP contribution >= 0.6 is 11.3 Å². The van der Waals surface area contributed by atoms with E-state index in [1.54, 1.807) is 0 Å². The van der Waals surface area contributed by atoms with Crippen LogP contribution in [0.2, 0.25) is 0 Å². The van der Waals surface area contributed by atoms with Gasteiger partial charge in [-0.3, -0.25) is 9.80 Å². The van der Waals surface area contributed by atoms with Gasteiger partial charge in [-0.15, -0.1) is 11.3 Å². The van der Waals surface area contributed by atoms with E-state index in [2.05, 4.69) is 39.6 Å². The second-order valence-corrected chi connectivity index (χ2v) is 6.78. The topological polar surface area (TPSA) is 18.5 Å². The van der Waals surface area contributed by atoms with Crippen molar-refractivity contribution in [1.82, 2.24) is 15.1 Å². The average molecular weight is 279 g/mol. The molecule has 3 fully saturated rings. The first-order valence-corrected chi connectivity index (χ1v) is 8.47. The summed E-state index contributed by atoms with van der Waals surface area (Å²) < 4.78 is 0. The van der Waals surface area contributed by atoms with Gasteiger partial charge in [-0.1, -0.05) is 13.0 Å². The lowest BCUT2D eigenvalue weighted by Gasteiger charge is -2.50. The molecule has 0 radical (unpaired) electrons. The maximum Gasteiger partial charge on any atom is 0.0381 e. The fraction of sp³-hybridized carbons (Fsp3) is 0.733. The lowest BCUT2D eigenvalue weighted by molar-refractivity contribution is -0.00298. The zero-order chi connectivity index (χ0) is 13.1. The number of piperazine rings is 3. The Morgan fingerprint density at radius 1 is 1.37 bits per heavy atom. The molecule has 2 atom stereocenters. The zero-order valence-corrected chi connectivity index (χ0v) is 12.7. The molecule has 1 aromatic heterocycles. The van der Waals surface area contributed by atoms with Gasteiger partial charge in [-0.05, 0) is 30.8 Å². The highest BCUT2D eigenvalue weighted by Gasteiger charge is 2.36. The van der Waals surface area contributed by atoms with Crippen LogP contribution in [0, 0.1) is 0 Å². The van der Waals surface area contributed by atoms with Crippen LogP contribution in [0.4, 0.5) is 0 Å². The van der Waals surface area contributed by atoms with Crippen molar-refractivity contribution >= 4 is 11.3 Å². The Kier molecular flexibility index (Phi) is 4.53. The minimum atomic E-state index is 0.613. The van der Waals surface area contributed by atoms with Gasteiger partial charge in [0, 0.05) is 49.7 Å². The number of nitrogens with zero attached hydrogens (tertiary/aromatic N) is 2. The van der Waals surface area contributed by atoms with Crippen molar-refractivity contribution in [2.75, 3.05) is 39.3 Å². The van der Waals surface area contributed by atoms with Crippen LogP contribution in [-0.2, 0) is 6.42 Å². The monoisotopic (exact) mass is 279 g/mol. The molecule has 4 heteroatoms. The van der Waals surface area contributed by atoms with E-state index >= 15 is 0 Å². The fourth-order valence-electron chi connectivity index (χ4n) is 3.36. The average Bonchev–Trinajstić information content (AvgIpc) is 2.97. The molecule has 1 aromatic rings. The van der Waals surface area contributed by atoms with E-state index in [-0.39, 0.29) is 0 Å². The zero-order valence-electron chi connectivity index (χ0n) is 11.8. The van der Waals surface area contributed by atoms with Crippen molar-refractivity contribution in [2.24, 2.45) is 0 Å². The van der Waals surface area contributed by atoms with E-state index in [1.165, 1.54) is 50.4 Å². The van der Waals surface area contributed by atoms with E-state index in [0.29, 0.717) is 12.1 Å². The first-order valence-electron chi connectivity index (χ1n) is 7.59. The summed E-state index contributed by atoms with van der Waals surface area (Å²) in [5.74, 6) is 0. The van der Waals surface area contributed by atoms with Crippen molar-refractivity contribution in [3.05, 3.63) is 22.4 Å². The second kappa shape index (κ2) is 6.35. The Morgan fingerprint density at radius 3 is 2.79 bits per heavy atom. The van der Waals surface area contributed by atoms with Crippen LogP contribution in [-0.4, -0.2) is 61.2 Å². The lowest BCUT2D eigenvalue weighted by Crippen LogP contribution is -2.66. The van der Waals surface area contributed by atoms with Crippen LogP contribution in [0.15, 0.2) is 17.5 Å². The first kappa shape index (κ1) is 13.6. The Labute approximate surface area is 120 Å². The number of nitrogens with one attached hydrogen (secondary N) is 1. The van der Waals surface area contributed by atoms with Gasteiger partial charge in [-0.25, -0.2) is 0 Å². The van der Waals surface area contributed by atoms with E-state index < -0.39 is 0 Å². The minimum absolute atomic E-state index is 0.613. The highest BCUT2D eigenvalue weighted by molar-refractivity contribution is 7.09. The molecule has 0 saturated carbocycles. The normalized spacial score (nSPS) is 31.5. The molecule has 0 spiro atoms. The summed E-state index contributed by atoms with van der Waals surface area (Å²) in [6, 6.07) is 5.77. The van der Waals surface area contributed by atoms with Crippen molar-refractivity contribution < 1.29 is 0 Å². The smallest absolute Gasteiger partial charge is 0.0381 e. The Hall–Kier alpha value is -0.420. The van der Waals surface area contributed by atoms with Crippen molar-refractivity contribution in [3.63, 3.8) is 0 Å². The number of hydrogen-bond donors (Lipinski definition) is 1. The molecule has 0 amide bonds. The number of hydrogen-bond acceptors (Lipinski definition) is 4. The van der Waals surface area contributed by atoms with Crippen molar-refractivity contribution in [2.45, 2.75) is 31.8 Å². The summed E-state index contributed by atoms with van der Waals surface area (Å²) in [5, 5.41) is 6.00. The van der Waals surface area contributed by atoms with Gasteiger partial charge in [-0.2, -0.15) is 0 Å². The highest BCUT2D eigenvalue weighted by Crippen LogP contribution is 2.22. The van der Waals surface area contributed by atoms with Crippen LogP contribution in [0.1, 0.15) is 18.2 Å². The fourth-order valence-corrected chi connectivity index (χ4v) is 4.12. The molecule has 0 aromatic carbocycles. The van der Waals surface area contributed by atoms with E-state index in [1.807, 2.05) is 11.3 Å². The highest BCUT2D eigenvalue weighted by atomic mass is 32.1. The third kappa shape index (κ3) is 3.19. The number of thiophene rings is 1. The molecule has 3 aliphatic rings. The summed E-state index contributed by atoms with van der Waals surface area (Å²) in [6.45, 7) is 9.73. The Morgan fingerprint density at radius 2 is 2.21 bits per heavy atom. The van der Waals surface area contributed by atoms with Crippen molar-refractivity contribution in [3.8, 4) is 0 Å². The van der Waals surface area contributed by atoms with Crippen LogP contribution < -0.4 is 5.32 Å². The third-order valence-corrected chi connectivity index (χ3v) is 5.34. The van der Waals surface area contributed by atoms with Crippen molar-refractivity contribution in [1.29, 1.82) is 0 Å². The van der Waals surface area contributed by atoms with E-state index in [4.69, 9.17) is 0 Å². The molecule has 3 aliphatic heterocycles. The molecule has 106 valence electrons. The van der Waals surface area contributed by atoms with E-state index in [9.17, 15) is 0 Å². The predicted molar refractivity (Wildman–Crippen MR) is 81.9 cm³/mol. The molecular formula is C15H25N3S. The SMILES string of the molecule is CCCNC(Cc1cccs1)C1CN2CCN1CC2. The summed E-state index contributed by atoms with van der Waals surface area (Å²) in [6.07, 6.45) is 2.41. The largest absolute Gasteiger partial charge is 0.312 e. The van der Waals surface area contributed by atoms with Gasteiger partial charge < -0.3 is 5.32 Å². The molecule has 19 heavy (non-hydrogen) atoms. The molecular weight excluding hydrogens is 254 g/mol. The molecule has 2 bridgehead atoms. The molecule has 4 rings (SSSR count).